The van der Waals surface area contributed by atoms with Gasteiger partial charge >= 0.3 is 0 Å². The van der Waals surface area contributed by atoms with Crippen molar-refractivity contribution in [3.8, 4) is 0 Å². The molecule has 0 saturated heterocycles. The normalized spacial score (nSPS) is 11.6. The van der Waals surface area contributed by atoms with Crippen LogP contribution < -0.4 is 5.32 Å². The van der Waals surface area contributed by atoms with E-state index in [1.54, 1.807) is 0 Å². The average Bonchev–Trinajstić information content (AvgIpc) is 2.96. The Balaban J connectivity index is 1.97. The molecular formula is C20H29ClN4O. The number of amides is 1. The molecule has 0 aliphatic carbocycles. The highest BCUT2D eigenvalue weighted by molar-refractivity contribution is 6.31. The predicted molar refractivity (Wildman–Crippen MR) is 107 cm³/mol. The van der Waals surface area contributed by atoms with Crippen molar-refractivity contribution in [3.05, 3.63) is 40.4 Å². The second-order valence-corrected chi connectivity index (χ2v) is 8.21. The molecule has 0 aliphatic rings. The van der Waals surface area contributed by atoms with Crippen LogP contribution >= 0.6 is 11.6 Å². The number of aryl methyl sites for hydroxylation is 2. The van der Waals surface area contributed by atoms with Crippen LogP contribution in [0.4, 0.5) is 5.69 Å². The minimum Gasteiger partial charge on any atom is -0.326 e. The van der Waals surface area contributed by atoms with Crippen molar-refractivity contribution in [1.29, 1.82) is 0 Å². The third-order valence-electron chi connectivity index (χ3n) is 4.44. The standard InChI is InChI=1S/C20H29ClN4O/c1-6-25-17(23-24-18(25)12-13-20(3,4)5)10-11-19(26)22-16-9-7-8-15(21)14(16)2/h7-9H,6,10-13H2,1-5H3,(H,22,26). The van der Waals surface area contributed by atoms with E-state index in [0.717, 1.165) is 42.3 Å². The lowest BCUT2D eigenvalue weighted by molar-refractivity contribution is -0.116. The molecule has 1 heterocycles. The second-order valence-electron chi connectivity index (χ2n) is 7.80. The van der Waals surface area contributed by atoms with E-state index in [9.17, 15) is 4.79 Å². The monoisotopic (exact) mass is 376 g/mol. The Hall–Kier alpha value is -1.88. The molecule has 0 radical (unpaired) electrons. The fourth-order valence-electron chi connectivity index (χ4n) is 2.78. The van der Waals surface area contributed by atoms with E-state index in [0.29, 0.717) is 17.9 Å². The zero-order chi connectivity index (χ0) is 19.3. The first-order valence-corrected chi connectivity index (χ1v) is 9.55. The summed E-state index contributed by atoms with van der Waals surface area (Å²) in [4.78, 5) is 12.3. The van der Waals surface area contributed by atoms with Gasteiger partial charge in [0, 0.05) is 36.5 Å². The van der Waals surface area contributed by atoms with Crippen molar-refractivity contribution in [2.24, 2.45) is 5.41 Å². The molecule has 1 aromatic heterocycles. The van der Waals surface area contributed by atoms with Crippen molar-refractivity contribution in [2.75, 3.05) is 5.32 Å². The Kier molecular flexibility index (Phi) is 6.81. The van der Waals surface area contributed by atoms with E-state index in [1.165, 1.54) is 0 Å². The predicted octanol–water partition coefficient (Wildman–Crippen LogP) is 4.81. The first kappa shape index (κ1) is 20.4. The van der Waals surface area contributed by atoms with Crippen LogP contribution in [0.2, 0.25) is 5.02 Å². The minimum absolute atomic E-state index is 0.0442. The van der Waals surface area contributed by atoms with E-state index >= 15 is 0 Å². The van der Waals surface area contributed by atoms with Gasteiger partial charge in [-0.1, -0.05) is 38.4 Å². The zero-order valence-electron chi connectivity index (χ0n) is 16.4. The fourth-order valence-corrected chi connectivity index (χ4v) is 2.95. The van der Waals surface area contributed by atoms with Crippen LogP contribution in [-0.2, 0) is 24.2 Å². The number of benzene rings is 1. The summed E-state index contributed by atoms with van der Waals surface area (Å²) in [6.45, 7) is 11.5. The molecule has 0 bridgehead atoms. The molecule has 6 heteroatoms. The lowest BCUT2D eigenvalue weighted by Crippen LogP contribution is -2.15. The second kappa shape index (κ2) is 8.67. The van der Waals surface area contributed by atoms with Gasteiger partial charge in [0.05, 0.1) is 0 Å². The quantitative estimate of drug-likeness (QED) is 0.754. The molecule has 0 fully saturated rings. The fraction of sp³-hybridized carbons (Fsp3) is 0.550. The number of halogens is 1. The van der Waals surface area contributed by atoms with Gasteiger partial charge in [-0.3, -0.25) is 4.79 Å². The molecule has 2 rings (SSSR count). The third-order valence-corrected chi connectivity index (χ3v) is 4.85. The maximum absolute atomic E-state index is 12.3. The van der Waals surface area contributed by atoms with E-state index in [1.807, 2.05) is 25.1 Å². The van der Waals surface area contributed by atoms with Gasteiger partial charge in [0.25, 0.3) is 0 Å². The van der Waals surface area contributed by atoms with Gasteiger partial charge in [0.15, 0.2) is 0 Å². The summed E-state index contributed by atoms with van der Waals surface area (Å²) in [5.41, 5.74) is 1.90. The van der Waals surface area contributed by atoms with Crippen molar-refractivity contribution >= 4 is 23.2 Å². The number of aromatic nitrogens is 3. The number of nitrogens with zero attached hydrogens (tertiary/aromatic N) is 3. The summed E-state index contributed by atoms with van der Waals surface area (Å²) in [7, 11) is 0. The molecule has 0 spiro atoms. The third kappa shape index (κ3) is 5.56. The highest BCUT2D eigenvalue weighted by Crippen LogP contribution is 2.23. The lowest BCUT2D eigenvalue weighted by atomic mass is 9.90. The van der Waals surface area contributed by atoms with Crippen LogP contribution in [0.25, 0.3) is 0 Å². The van der Waals surface area contributed by atoms with Crippen LogP contribution in [0, 0.1) is 12.3 Å². The number of carbonyl (C=O) groups excluding carboxylic acids is 1. The van der Waals surface area contributed by atoms with Gasteiger partial charge in [0.1, 0.15) is 11.6 Å². The molecular weight excluding hydrogens is 348 g/mol. The van der Waals surface area contributed by atoms with E-state index in [4.69, 9.17) is 11.6 Å². The smallest absolute Gasteiger partial charge is 0.224 e. The van der Waals surface area contributed by atoms with Crippen molar-refractivity contribution in [2.45, 2.75) is 66.8 Å². The Morgan fingerprint density at radius 1 is 1.19 bits per heavy atom. The maximum atomic E-state index is 12.3. The largest absolute Gasteiger partial charge is 0.326 e. The molecule has 1 N–H and O–H groups in total. The van der Waals surface area contributed by atoms with Crippen LogP contribution in [0.3, 0.4) is 0 Å². The highest BCUT2D eigenvalue weighted by atomic mass is 35.5. The van der Waals surface area contributed by atoms with Crippen molar-refractivity contribution in [3.63, 3.8) is 0 Å². The summed E-state index contributed by atoms with van der Waals surface area (Å²) in [6.07, 6.45) is 2.89. The molecule has 1 aromatic carbocycles. The molecule has 0 aliphatic heterocycles. The average molecular weight is 377 g/mol. The van der Waals surface area contributed by atoms with Crippen LogP contribution in [0.15, 0.2) is 18.2 Å². The number of hydrogen-bond acceptors (Lipinski definition) is 3. The summed E-state index contributed by atoms with van der Waals surface area (Å²) in [5, 5.41) is 12.2. The SMILES string of the molecule is CCn1c(CCC(=O)Nc2cccc(Cl)c2C)nnc1CCC(C)(C)C. The highest BCUT2D eigenvalue weighted by Gasteiger charge is 2.16. The van der Waals surface area contributed by atoms with Crippen LogP contribution in [-0.4, -0.2) is 20.7 Å². The van der Waals surface area contributed by atoms with Gasteiger partial charge in [-0.05, 0) is 43.4 Å². The molecule has 0 unspecified atom stereocenters. The molecule has 0 saturated carbocycles. The first-order chi connectivity index (χ1) is 12.2. The van der Waals surface area contributed by atoms with E-state index in [-0.39, 0.29) is 11.3 Å². The Morgan fingerprint density at radius 3 is 2.46 bits per heavy atom. The van der Waals surface area contributed by atoms with Crippen molar-refractivity contribution < 1.29 is 4.79 Å². The van der Waals surface area contributed by atoms with Gasteiger partial charge in [0.2, 0.25) is 5.91 Å². The van der Waals surface area contributed by atoms with Gasteiger partial charge in [-0.15, -0.1) is 10.2 Å². The van der Waals surface area contributed by atoms with Gasteiger partial charge < -0.3 is 9.88 Å². The first-order valence-electron chi connectivity index (χ1n) is 9.17. The zero-order valence-corrected chi connectivity index (χ0v) is 17.2. The number of hydrogen-bond donors (Lipinski definition) is 1. The molecule has 5 nitrogen and oxygen atoms in total. The Labute approximate surface area is 161 Å². The summed E-state index contributed by atoms with van der Waals surface area (Å²) >= 11 is 6.10. The molecule has 26 heavy (non-hydrogen) atoms. The van der Waals surface area contributed by atoms with Gasteiger partial charge in [-0.25, -0.2) is 0 Å². The molecule has 2 aromatic rings. The number of anilines is 1. The molecule has 142 valence electrons. The number of nitrogens with one attached hydrogen (secondary N) is 1. The summed E-state index contributed by atoms with van der Waals surface area (Å²) < 4.78 is 2.13. The van der Waals surface area contributed by atoms with Crippen LogP contribution in [0.5, 0.6) is 0 Å². The Bertz CT molecular complexity index is 762. The van der Waals surface area contributed by atoms with E-state index < -0.39 is 0 Å². The topological polar surface area (TPSA) is 59.8 Å². The number of rotatable bonds is 7. The van der Waals surface area contributed by atoms with Crippen LogP contribution in [0.1, 0.15) is 57.7 Å². The van der Waals surface area contributed by atoms with E-state index in [2.05, 4.69) is 47.8 Å². The summed E-state index contributed by atoms with van der Waals surface area (Å²) in [6, 6.07) is 5.51. The van der Waals surface area contributed by atoms with Crippen molar-refractivity contribution in [1.82, 2.24) is 14.8 Å². The lowest BCUT2D eigenvalue weighted by Gasteiger charge is -2.17. The maximum Gasteiger partial charge on any atom is 0.224 e. The van der Waals surface area contributed by atoms with Gasteiger partial charge in [-0.2, -0.15) is 0 Å². The molecule has 1 amide bonds. The molecule has 0 atom stereocenters. The minimum atomic E-state index is -0.0442. The Morgan fingerprint density at radius 2 is 1.85 bits per heavy atom. The number of carbonyl (C=O) groups is 1. The summed E-state index contributed by atoms with van der Waals surface area (Å²) in [5.74, 6) is 1.83.